The molecular formula is C19H23N3O5S2. The smallest absolute Gasteiger partial charge is 0.244 e. The molecule has 1 saturated heterocycles. The van der Waals surface area contributed by atoms with Crippen LogP contribution in [0.1, 0.15) is 30.1 Å². The number of pyridine rings is 1. The predicted molar refractivity (Wildman–Crippen MR) is 107 cm³/mol. The highest BCUT2D eigenvalue weighted by Gasteiger charge is 2.30. The van der Waals surface area contributed by atoms with Crippen molar-refractivity contribution in [3.05, 3.63) is 54.4 Å². The molecule has 156 valence electrons. The second kappa shape index (κ2) is 8.70. The van der Waals surface area contributed by atoms with Gasteiger partial charge < -0.3 is 0 Å². The summed E-state index contributed by atoms with van der Waals surface area (Å²) in [5.41, 5.74) is 0.450. The maximum Gasteiger partial charge on any atom is 0.244 e. The van der Waals surface area contributed by atoms with Crippen molar-refractivity contribution in [3.8, 4) is 0 Å². The number of carbonyl (C=O) groups excluding carboxylic acids is 1. The number of hydrogen-bond acceptors (Lipinski definition) is 6. The summed E-state index contributed by atoms with van der Waals surface area (Å²) in [4.78, 5) is 15.4. The first-order chi connectivity index (χ1) is 13.7. The number of sulfonamides is 2. The van der Waals surface area contributed by atoms with E-state index < -0.39 is 20.0 Å². The number of carbonyl (C=O) groups is 1. The molecule has 3 rings (SSSR count). The summed E-state index contributed by atoms with van der Waals surface area (Å²) in [5, 5.41) is 0. The molecule has 0 bridgehead atoms. The molecule has 1 aliphatic heterocycles. The quantitative estimate of drug-likeness (QED) is 0.659. The zero-order valence-corrected chi connectivity index (χ0v) is 17.6. The van der Waals surface area contributed by atoms with Crippen LogP contribution in [0.4, 0.5) is 0 Å². The lowest BCUT2D eigenvalue weighted by Gasteiger charge is -2.31. The van der Waals surface area contributed by atoms with E-state index in [9.17, 15) is 21.6 Å². The lowest BCUT2D eigenvalue weighted by atomic mass is 9.99. The zero-order chi connectivity index (χ0) is 21.1. The largest absolute Gasteiger partial charge is 0.295 e. The minimum Gasteiger partial charge on any atom is -0.295 e. The molecule has 0 aliphatic carbocycles. The molecule has 0 saturated carbocycles. The monoisotopic (exact) mass is 437 g/mol. The van der Waals surface area contributed by atoms with E-state index in [0.29, 0.717) is 31.5 Å². The molecule has 0 radical (unpaired) electrons. The Bertz CT molecular complexity index is 1060. The molecule has 1 aromatic heterocycles. The van der Waals surface area contributed by atoms with Gasteiger partial charge in [0, 0.05) is 37.6 Å². The van der Waals surface area contributed by atoms with Crippen molar-refractivity contribution in [2.75, 3.05) is 19.6 Å². The van der Waals surface area contributed by atoms with Crippen molar-refractivity contribution < 1.29 is 21.6 Å². The van der Waals surface area contributed by atoms with Gasteiger partial charge in [-0.2, -0.15) is 4.31 Å². The second-order valence-electron chi connectivity index (χ2n) is 6.97. The lowest BCUT2D eigenvalue weighted by Crippen LogP contribution is -2.41. The van der Waals surface area contributed by atoms with Crippen LogP contribution in [0.5, 0.6) is 0 Å². The van der Waals surface area contributed by atoms with Crippen LogP contribution in [0, 0.1) is 5.92 Å². The van der Waals surface area contributed by atoms with Crippen molar-refractivity contribution in [3.63, 3.8) is 0 Å². The number of benzene rings is 1. The summed E-state index contributed by atoms with van der Waals surface area (Å²) in [7, 11) is -7.27. The van der Waals surface area contributed by atoms with Gasteiger partial charge in [-0.25, -0.2) is 21.6 Å². The van der Waals surface area contributed by atoms with E-state index in [4.69, 9.17) is 0 Å². The second-order valence-corrected chi connectivity index (χ2v) is 10.7. The fraction of sp³-hybridized carbons (Fsp3) is 0.368. The summed E-state index contributed by atoms with van der Waals surface area (Å²) in [6, 6.07) is 8.87. The van der Waals surface area contributed by atoms with Gasteiger partial charge in [-0.3, -0.25) is 9.78 Å². The Morgan fingerprint density at radius 2 is 1.72 bits per heavy atom. The molecule has 29 heavy (non-hydrogen) atoms. The molecule has 2 aromatic rings. The minimum atomic E-state index is -3.69. The molecule has 1 N–H and O–H groups in total. The SMILES string of the molecule is CC(=O)c1ccc(S(=O)(=O)NCC2CCN(S(=O)(=O)c3cccnc3)CC2)cc1. The molecule has 1 fully saturated rings. The minimum absolute atomic E-state index is 0.0432. The van der Waals surface area contributed by atoms with Gasteiger partial charge in [0.25, 0.3) is 0 Å². The van der Waals surface area contributed by atoms with Gasteiger partial charge >= 0.3 is 0 Å². The van der Waals surface area contributed by atoms with Gasteiger partial charge in [0.15, 0.2) is 5.78 Å². The maximum atomic E-state index is 12.6. The summed E-state index contributed by atoms with van der Waals surface area (Å²) in [6.07, 6.45) is 3.97. The number of nitrogens with zero attached hydrogens (tertiary/aromatic N) is 2. The third-order valence-corrected chi connectivity index (χ3v) is 8.30. The molecule has 0 amide bonds. The first kappa shape index (κ1) is 21.6. The third kappa shape index (κ3) is 5.08. The van der Waals surface area contributed by atoms with Crippen molar-refractivity contribution in [1.29, 1.82) is 0 Å². The zero-order valence-electron chi connectivity index (χ0n) is 16.0. The van der Waals surface area contributed by atoms with Crippen molar-refractivity contribution >= 4 is 25.8 Å². The van der Waals surface area contributed by atoms with E-state index in [0.717, 1.165) is 0 Å². The normalized spacial score (nSPS) is 16.6. The van der Waals surface area contributed by atoms with Gasteiger partial charge in [-0.1, -0.05) is 12.1 Å². The van der Waals surface area contributed by atoms with Crippen molar-refractivity contribution in [1.82, 2.24) is 14.0 Å². The Labute approximate surface area is 171 Å². The van der Waals surface area contributed by atoms with Crippen LogP contribution in [0.15, 0.2) is 58.6 Å². The molecule has 8 nitrogen and oxygen atoms in total. The van der Waals surface area contributed by atoms with Crippen LogP contribution < -0.4 is 4.72 Å². The number of Topliss-reactive ketones (excluding diaryl/α,β-unsaturated/α-hetero) is 1. The highest BCUT2D eigenvalue weighted by molar-refractivity contribution is 7.89. The summed E-state index contributed by atoms with van der Waals surface area (Å²) < 4.78 is 54.2. The standard InChI is InChI=1S/C19H23N3O5S2/c1-15(23)17-4-6-18(7-5-17)28(24,25)21-13-16-8-11-22(12-9-16)29(26,27)19-3-2-10-20-14-19/h2-7,10,14,16,21H,8-9,11-13H2,1H3. The van der Waals surface area contributed by atoms with Gasteiger partial charge in [0.2, 0.25) is 20.0 Å². The van der Waals surface area contributed by atoms with E-state index in [-0.39, 0.29) is 28.0 Å². The molecule has 2 heterocycles. The molecule has 0 unspecified atom stereocenters. The van der Waals surface area contributed by atoms with E-state index in [1.54, 1.807) is 6.07 Å². The van der Waals surface area contributed by atoms with Gasteiger partial charge in [0.05, 0.1) is 4.90 Å². The van der Waals surface area contributed by atoms with Crippen molar-refractivity contribution in [2.24, 2.45) is 5.92 Å². The Morgan fingerprint density at radius 3 is 2.28 bits per heavy atom. The number of rotatable bonds is 7. The summed E-state index contributed by atoms with van der Waals surface area (Å²) >= 11 is 0. The van der Waals surface area contributed by atoms with Crippen LogP contribution in [0.3, 0.4) is 0 Å². The molecule has 0 spiro atoms. The molecule has 1 aliphatic rings. The highest BCUT2D eigenvalue weighted by Crippen LogP contribution is 2.23. The van der Waals surface area contributed by atoms with E-state index >= 15 is 0 Å². The number of nitrogens with one attached hydrogen (secondary N) is 1. The molecule has 10 heteroatoms. The fourth-order valence-corrected chi connectivity index (χ4v) is 5.73. The van der Waals surface area contributed by atoms with Gasteiger partial charge in [-0.15, -0.1) is 0 Å². The summed E-state index contributed by atoms with van der Waals surface area (Å²) in [5.74, 6) is -0.0866. The average Bonchev–Trinajstić information content (AvgIpc) is 2.73. The Kier molecular flexibility index (Phi) is 6.47. The van der Waals surface area contributed by atoms with Crippen LogP contribution >= 0.6 is 0 Å². The Morgan fingerprint density at radius 1 is 1.07 bits per heavy atom. The number of ketones is 1. The number of aromatic nitrogens is 1. The van der Waals surface area contributed by atoms with E-state index in [1.165, 1.54) is 54.0 Å². The third-order valence-electron chi connectivity index (χ3n) is 4.98. The average molecular weight is 438 g/mol. The van der Waals surface area contributed by atoms with E-state index in [1.807, 2.05) is 0 Å². The first-order valence-corrected chi connectivity index (χ1v) is 12.1. The molecule has 0 atom stereocenters. The van der Waals surface area contributed by atoms with Crippen molar-refractivity contribution in [2.45, 2.75) is 29.6 Å². The van der Waals surface area contributed by atoms with Crippen LogP contribution in [0.2, 0.25) is 0 Å². The maximum absolute atomic E-state index is 12.6. The first-order valence-electron chi connectivity index (χ1n) is 9.21. The number of hydrogen-bond donors (Lipinski definition) is 1. The Balaban J connectivity index is 1.56. The topological polar surface area (TPSA) is 114 Å². The lowest BCUT2D eigenvalue weighted by molar-refractivity contribution is 0.101. The fourth-order valence-electron chi connectivity index (χ4n) is 3.18. The highest BCUT2D eigenvalue weighted by atomic mass is 32.2. The van der Waals surface area contributed by atoms with Crippen LogP contribution in [-0.4, -0.2) is 51.5 Å². The van der Waals surface area contributed by atoms with Crippen LogP contribution in [-0.2, 0) is 20.0 Å². The molecular weight excluding hydrogens is 414 g/mol. The Hall–Kier alpha value is -2.14. The van der Waals surface area contributed by atoms with Crippen LogP contribution in [0.25, 0.3) is 0 Å². The molecule has 1 aromatic carbocycles. The van der Waals surface area contributed by atoms with Gasteiger partial charge in [0.1, 0.15) is 4.90 Å². The van der Waals surface area contributed by atoms with E-state index in [2.05, 4.69) is 9.71 Å². The summed E-state index contributed by atoms with van der Waals surface area (Å²) in [6.45, 7) is 2.31. The van der Waals surface area contributed by atoms with Gasteiger partial charge in [-0.05, 0) is 49.9 Å². The number of piperidine rings is 1. The predicted octanol–water partition coefficient (Wildman–Crippen LogP) is 1.66.